The molecule has 0 atom stereocenters. The van der Waals surface area contributed by atoms with E-state index in [0.29, 0.717) is 0 Å². The number of hydrogen-bond acceptors (Lipinski definition) is 7. The molecule has 19 heavy (non-hydrogen) atoms. The lowest BCUT2D eigenvalue weighted by molar-refractivity contribution is 0.0450. The third kappa shape index (κ3) is 11.5. The maximum atomic E-state index is 8.17. The van der Waals surface area contributed by atoms with Gasteiger partial charge in [0.25, 0.3) is 0 Å². The summed E-state index contributed by atoms with van der Waals surface area (Å²) in [6.07, 6.45) is 1.07. The molecule has 0 aliphatic rings. The third-order valence-corrected chi connectivity index (χ3v) is 5.27. The van der Waals surface area contributed by atoms with Crippen LogP contribution in [0, 0.1) is 0 Å². The van der Waals surface area contributed by atoms with E-state index in [4.69, 9.17) is 33.3 Å². The van der Waals surface area contributed by atoms with Gasteiger partial charge in [-0.1, -0.05) is 0 Å². The molecule has 0 heterocycles. The van der Waals surface area contributed by atoms with E-state index in [1.54, 1.807) is 28.4 Å². The van der Waals surface area contributed by atoms with E-state index >= 15 is 0 Å². The molecule has 0 amide bonds. The van der Waals surface area contributed by atoms with E-state index in [9.17, 15) is 0 Å². The number of unbranched alkanes of at least 4 members (excludes halogenated alkanes) is 1. The molecule has 0 rings (SSSR count). The first-order valence-corrected chi connectivity index (χ1v) is 8.03. The maximum Gasteiger partial charge on any atom is 0.500 e. The zero-order valence-corrected chi connectivity index (χ0v) is 13.3. The van der Waals surface area contributed by atoms with Gasteiger partial charge >= 0.3 is 8.80 Å². The summed E-state index contributed by atoms with van der Waals surface area (Å²) < 4.78 is 20.8. The van der Waals surface area contributed by atoms with Crippen molar-refractivity contribution in [1.82, 2.24) is 0 Å². The van der Waals surface area contributed by atoms with Gasteiger partial charge in [-0.3, -0.25) is 0 Å². The quantitative estimate of drug-likeness (QED) is 0.374. The minimum absolute atomic E-state index is 0.365. The minimum Gasteiger partial charge on any atom is -0.394 e. The normalized spacial score (nSPS) is 11.4. The summed E-state index contributed by atoms with van der Waals surface area (Å²) in [5.74, 6) is 0. The molecule has 0 aliphatic carbocycles. The van der Waals surface area contributed by atoms with Gasteiger partial charge in [0, 0.05) is 41.1 Å². The van der Waals surface area contributed by atoms with E-state index < -0.39 is 14.9 Å². The second-order valence-electron chi connectivity index (χ2n) is 3.76. The summed E-state index contributed by atoms with van der Waals surface area (Å²) >= 11 is 0. The molecule has 0 bridgehead atoms. The Balaban J connectivity index is 0. The highest BCUT2D eigenvalue weighted by Crippen LogP contribution is 2.15. The van der Waals surface area contributed by atoms with E-state index in [2.05, 4.69) is 0 Å². The number of aliphatic hydroxyl groups is 3. The monoisotopic (exact) mass is 300 g/mol. The van der Waals surface area contributed by atoms with Crippen molar-refractivity contribution in [3.8, 4) is 0 Å². The van der Waals surface area contributed by atoms with Crippen LogP contribution >= 0.6 is 0 Å². The van der Waals surface area contributed by atoms with E-state index in [1.165, 1.54) is 0 Å². The largest absolute Gasteiger partial charge is 0.500 e. The fourth-order valence-electron chi connectivity index (χ4n) is 1.20. The molecule has 7 nitrogen and oxygen atoms in total. The lowest BCUT2D eigenvalue weighted by Gasteiger charge is -2.24. The molecule has 3 N–H and O–H groups in total. The standard InChI is InChI=1S/C8H20O4Si.C3H8O3/c1-9-7-5-6-8-13(10-2,11-3)12-4;4-1-3(6)2-5/h5-8H2,1-4H3;3-6H,1-2H2. The third-order valence-electron chi connectivity index (χ3n) is 2.44. The highest BCUT2D eigenvalue weighted by atomic mass is 28.4. The molecule has 0 fully saturated rings. The van der Waals surface area contributed by atoms with E-state index in [1.807, 2.05) is 0 Å². The first-order chi connectivity index (χ1) is 9.05. The van der Waals surface area contributed by atoms with Crippen LogP contribution in [0.25, 0.3) is 0 Å². The van der Waals surface area contributed by atoms with Gasteiger partial charge in [-0.2, -0.15) is 0 Å². The average Bonchev–Trinajstić information content (AvgIpc) is 2.48. The summed E-state index contributed by atoms with van der Waals surface area (Å²) in [6.45, 7) is 0.0502. The van der Waals surface area contributed by atoms with Crippen molar-refractivity contribution in [3.63, 3.8) is 0 Å². The van der Waals surface area contributed by atoms with Crippen LogP contribution in [-0.4, -0.2) is 78.5 Å². The van der Waals surface area contributed by atoms with Gasteiger partial charge < -0.3 is 33.3 Å². The molecule has 0 spiro atoms. The van der Waals surface area contributed by atoms with Gasteiger partial charge in [0.05, 0.1) is 13.2 Å². The Morgan fingerprint density at radius 3 is 1.63 bits per heavy atom. The summed E-state index contributed by atoms with van der Waals surface area (Å²) in [5.41, 5.74) is 0. The number of methoxy groups -OCH3 is 1. The Morgan fingerprint density at radius 2 is 1.37 bits per heavy atom. The number of aliphatic hydroxyl groups excluding tert-OH is 3. The molecular formula is C11H28O7Si. The van der Waals surface area contributed by atoms with Crippen molar-refractivity contribution in [2.24, 2.45) is 0 Å². The highest BCUT2D eigenvalue weighted by Gasteiger charge is 2.36. The number of ether oxygens (including phenoxy) is 1. The Kier molecular flexibility index (Phi) is 16.0. The fourth-order valence-corrected chi connectivity index (χ4v) is 3.00. The lowest BCUT2D eigenvalue weighted by Crippen LogP contribution is -2.42. The second kappa shape index (κ2) is 14.3. The lowest BCUT2D eigenvalue weighted by atomic mass is 10.4. The Labute approximate surface area is 116 Å². The fraction of sp³-hybridized carbons (Fsp3) is 1.00. The van der Waals surface area contributed by atoms with Crippen LogP contribution in [-0.2, 0) is 18.0 Å². The van der Waals surface area contributed by atoms with Crippen molar-refractivity contribution in [3.05, 3.63) is 0 Å². The van der Waals surface area contributed by atoms with Crippen LogP contribution in [0.2, 0.25) is 6.04 Å². The number of hydrogen-bond donors (Lipinski definition) is 3. The molecule has 0 aromatic rings. The molecule has 0 aromatic carbocycles. The minimum atomic E-state index is -2.32. The Bertz CT molecular complexity index is 166. The van der Waals surface area contributed by atoms with Crippen molar-refractivity contribution >= 4 is 8.80 Å². The molecule has 118 valence electrons. The molecule has 0 unspecified atom stereocenters. The molecule has 0 saturated heterocycles. The van der Waals surface area contributed by atoms with Crippen LogP contribution in [0.5, 0.6) is 0 Å². The average molecular weight is 300 g/mol. The molecule has 0 aliphatic heterocycles. The summed E-state index contributed by atoms with van der Waals surface area (Å²) in [7, 11) is 4.28. The Hall–Kier alpha value is -0.0631. The smallest absolute Gasteiger partial charge is 0.394 e. The van der Waals surface area contributed by atoms with Crippen LogP contribution in [0.4, 0.5) is 0 Å². The molecule has 0 aromatic heterocycles. The first kappa shape index (κ1) is 21.2. The molecular weight excluding hydrogens is 272 g/mol. The topological polar surface area (TPSA) is 97.6 Å². The van der Waals surface area contributed by atoms with Gasteiger partial charge in [0.15, 0.2) is 0 Å². The second-order valence-corrected chi connectivity index (χ2v) is 6.86. The maximum absolute atomic E-state index is 8.17. The SMILES string of the molecule is COCCCC[Si](OC)(OC)OC.OCC(O)CO. The van der Waals surface area contributed by atoms with Crippen molar-refractivity contribution < 1.29 is 33.3 Å². The van der Waals surface area contributed by atoms with Gasteiger partial charge in [0.2, 0.25) is 0 Å². The molecule has 0 saturated carbocycles. The van der Waals surface area contributed by atoms with E-state index in [0.717, 1.165) is 25.5 Å². The zero-order chi connectivity index (χ0) is 15.1. The van der Waals surface area contributed by atoms with Gasteiger partial charge in [-0.05, 0) is 12.8 Å². The van der Waals surface area contributed by atoms with Crippen LogP contribution in [0.1, 0.15) is 12.8 Å². The van der Waals surface area contributed by atoms with Crippen LogP contribution in [0.15, 0.2) is 0 Å². The van der Waals surface area contributed by atoms with Crippen LogP contribution < -0.4 is 0 Å². The summed E-state index contributed by atoms with van der Waals surface area (Å²) in [5, 5.41) is 24.0. The summed E-state index contributed by atoms with van der Waals surface area (Å²) in [4.78, 5) is 0. The molecule has 8 heteroatoms. The van der Waals surface area contributed by atoms with Crippen molar-refractivity contribution in [2.45, 2.75) is 25.0 Å². The van der Waals surface area contributed by atoms with E-state index in [-0.39, 0.29) is 13.2 Å². The Morgan fingerprint density at radius 1 is 0.895 bits per heavy atom. The first-order valence-electron chi connectivity index (χ1n) is 6.09. The highest BCUT2D eigenvalue weighted by molar-refractivity contribution is 6.60. The van der Waals surface area contributed by atoms with Crippen LogP contribution in [0.3, 0.4) is 0 Å². The molecule has 0 radical (unpaired) electrons. The predicted molar refractivity (Wildman–Crippen MR) is 72.9 cm³/mol. The van der Waals surface area contributed by atoms with Gasteiger partial charge in [-0.25, -0.2) is 0 Å². The predicted octanol–water partition coefficient (Wildman–Crippen LogP) is -0.377. The number of rotatable bonds is 10. The zero-order valence-electron chi connectivity index (χ0n) is 12.3. The summed E-state index contributed by atoms with van der Waals surface area (Å²) in [6, 6.07) is 0.847. The van der Waals surface area contributed by atoms with Crippen molar-refractivity contribution in [2.75, 3.05) is 48.3 Å². The van der Waals surface area contributed by atoms with Gasteiger partial charge in [-0.15, -0.1) is 0 Å². The van der Waals surface area contributed by atoms with Crippen molar-refractivity contribution in [1.29, 1.82) is 0 Å². The van der Waals surface area contributed by atoms with Gasteiger partial charge in [0.1, 0.15) is 6.10 Å².